The van der Waals surface area contributed by atoms with Crippen LogP contribution in [-0.4, -0.2) is 34.2 Å². The average Bonchev–Trinajstić information content (AvgIpc) is 3.49. The fourth-order valence-corrected chi connectivity index (χ4v) is 6.55. The van der Waals surface area contributed by atoms with E-state index in [-0.39, 0.29) is 11.6 Å². The molecule has 7 heteroatoms. The van der Waals surface area contributed by atoms with Crippen molar-refractivity contribution in [2.24, 2.45) is 23.5 Å². The zero-order chi connectivity index (χ0) is 23.1. The molecular formula is C27H34N6O. The molecule has 0 spiro atoms. The summed E-state index contributed by atoms with van der Waals surface area (Å²) in [5.41, 5.74) is 8.73. The minimum absolute atomic E-state index is 0.0503. The van der Waals surface area contributed by atoms with Gasteiger partial charge in [-0.1, -0.05) is 6.42 Å². The Bertz CT molecular complexity index is 1210. The minimum atomic E-state index is 0.0503. The van der Waals surface area contributed by atoms with E-state index in [1.165, 1.54) is 37.8 Å². The fourth-order valence-electron chi connectivity index (χ4n) is 6.55. The smallest absolute Gasteiger partial charge is 0.252 e. The monoisotopic (exact) mass is 458 g/mol. The Morgan fingerprint density at radius 1 is 1.00 bits per heavy atom. The largest absolute Gasteiger partial charge is 0.372 e. The van der Waals surface area contributed by atoms with Crippen molar-refractivity contribution in [3.8, 4) is 0 Å². The molecule has 3 unspecified atom stereocenters. The molecule has 6 rings (SSSR count). The van der Waals surface area contributed by atoms with Crippen LogP contribution in [0.15, 0.2) is 47.4 Å². The first-order chi connectivity index (χ1) is 16.7. The molecule has 3 aromatic rings. The van der Waals surface area contributed by atoms with Crippen LogP contribution in [0.2, 0.25) is 0 Å². The molecule has 1 aliphatic heterocycles. The predicted octanol–water partition coefficient (Wildman–Crippen LogP) is 4.46. The van der Waals surface area contributed by atoms with Crippen LogP contribution in [0.1, 0.15) is 51.0 Å². The number of nitrogens with one attached hydrogen (secondary N) is 1. The van der Waals surface area contributed by atoms with Crippen LogP contribution >= 0.6 is 0 Å². The van der Waals surface area contributed by atoms with E-state index in [9.17, 15) is 4.79 Å². The van der Waals surface area contributed by atoms with Gasteiger partial charge in [0.25, 0.3) is 5.56 Å². The van der Waals surface area contributed by atoms with Gasteiger partial charge in [0.2, 0.25) is 5.95 Å². The van der Waals surface area contributed by atoms with E-state index < -0.39 is 0 Å². The second-order valence-corrected chi connectivity index (χ2v) is 10.4. The number of rotatable bonds is 6. The lowest BCUT2D eigenvalue weighted by Gasteiger charge is -2.33. The fraction of sp³-hybridized carbons (Fsp3) is 0.519. The van der Waals surface area contributed by atoms with Gasteiger partial charge in [-0.15, -0.1) is 0 Å². The van der Waals surface area contributed by atoms with Gasteiger partial charge in [-0.05, 0) is 93.2 Å². The second kappa shape index (κ2) is 9.02. The lowest BCUT2D eigenvalue weighted by atomic mass is 9.93. The number of pyridine rings is 1. The SMILES string of the molecule is NCCC1CCN(c2ccc(Nc3ncc4ccc(=O)n(C5CC6CCC5C6)c4n3)cc2)CC1. The van der Waals surface area contributed by atoms with Crippen molar-refractivity contribution in [1.82, 2.24) is 14.5 Å². The standard InChI is InChI=1S/C27H34N6O/c28-12-9-18-10-13-32(14-11-18)23-6-4-22(5-7-23)30-27-29-17-21-3-8-25(34)33(26(21)31-27)24-16-19-1-2-20(24)15-19/h3-8,17-20,24H,1-2,9-16,28H2,(H,29,30,31). The summed E-state index contributed by atoms with van der Waals surface area (Å²) in [6.07, 6.45) is 10.3. The molecule has 2 bridgehead atoms. The number of aromatic nitrogens is 3. The van der Waals surface area contributed by atoms with Gasteiger partial charge in [0, 0.05) is 48.2 Å². The van der Waals surface area contributed by atoms with Gasteiger partial charge in [-0.3, -0.25) is 9.36 Å². The van der Waals surface area contributed by atoms with Crippen molar-refractivity contribution >= 4 is 28.4 Å². The molecule has 2 saturated carbocycles. The van der Waals surface area contributed by atoms with Gasteiger partial charge in [0.1, 0.15) is 5.65 Å². The molecule has 0 amide bonds. The molecule has 3 aliphatic rings. The molecule has 3 N–H and O–H groups in total. The van der Waals surface area contributed by atoms with Gasteiger partial charge in [0.15, 0.2) is 0 Å². The third kappa shape index (κ3) is 4.06. The van der Waals surface area contributed by atoms with Gasteiger partial charge in [-0.2, -0.15) is 4.98 Å². The molecule has 7 nitrogen and oxygen atoms in total. The quantitative estimate of drug-likeness (QED) is 0.567. The normalized spacial score (nSPS) is 24.7. The van der Waals surface area contributed by atoms with Crippen molar-refractivity contribution in [2.45, 2.75) is 51.0 Å². The minimum Gasteiger partial charge on any atom is -0.372 e. The number of piperidine rings is 1. The van der Waals surface area contributed by atoms with Crippen molar-refractivity contribution in [1.29, 1.82) is 0 Å². The van der Waals surface area contributed by atoms with Gasteiger partial charge in [-0.25, -0.2) is 4.98 Å². The van der Waals surface area contributed by atoms with Crippen LogP contribution in [0.5, 0.6) is 0 Å². The maximum Gasteiger partial charge on any atom is 0.252 e. The Kier molecular flexibility index (Phi) is 5.73. The highest BCUT2D eigenvalue weighted by Crippen LogP contribution is 2.50. The zero-order valence-electron chi connectivity index (χ0n) is 19.7. The molecule has 2 aromatic heterocycles. The highest BCUT2D eigenvalue weighted by atomic mass is 16.1. The van der Waals surface area contributed by atoms with Gasteiger partial charge in [0.05, 0.1) is 0 Å². The molecule has 3 fully saturated rings. The van der Waals surface area contributed by atoms with Crippen LogP contribution in [0.25, 0.3) is 11.0 Å². The predicted molar refractivity (Wildman–Crippen MR) is 137 cm³/mol. The Balaban J connectivity index is 1.20. The van der Waals surface area contributed by atoms with Crippen molar-refractivity contribution in [2.75, 3.05) is 29.9 Å². The Labute approximate surface area is 200 Å². The number of nitrogens with two attached hydrogens (primary N) is 1. The number of anilines is 3. The van der Waals surface area contributed by atoms with E-state index in [1.54, 1.807) is 6.07 Å². The average molecular weight is 459 g/mol. The maximum absolute atomic E-state index is 12.9. The molecule has 1 aromatic carbocycles. The van der Waals surface area contributed by atoms with Crippen LogP contribution in [0, 0.1) is 17.8 Å². The van der Waals surface area contributed by atoms with Crippen LogP contribution in [0.4, 0.5) is 17.3 Å². The Hall–Kier alpha value is -2.93. The number of hydrogen-bond acceptors (Lipinski definition) is 6. The highest BCUT2D eigenvalue weighted by molar-refractivity contribution is 5.76. The van der Waals surface area contributed by atoms with E-state index in [0.29, 0.717) is 11.9 Å². The summed E-state index contributed by atoms with van der Waals surface area (Å²) in [5, 5.41) is 4.27. The van der Waals surface area contributed by atoms with E-state index in [0.717, 1.165) is 61.0 Å². The van der Waals surface area contributed by atoms with Crippen molar-refractivity contribution in [3.63, 3.8) is 0 Å². The first kappa shape index (κ1) is 21.6. The lowest BCUT2D eigenvalue weighted by Crippen LogP contribution is -2.34. The van der Waals surface area contributed by atoms with E-state index in [1.807, 2.05) is 16.8 Å². The molecule has 1 saturated heterocycles. The summed E-state index contributed by atoms with van der Waals surface area (Å²) in [4.78, 5) is 24.7. The first-order valence-corrected chi connectivity index (χ1v) is 12.9. The number of benzene rings is 1. The number of fused-ring (bicyclic) bond motifs is 3. The molecule has 34 heavy (non-hydrogen) atoms. The third-order valence-corrected chi connectivity index (χ3v) is 8.38. The molecular weight excluding hydrogens is 424 g/mol. The molecule has 3 heterocycles. The van der Waals surface area contributed by atoms with E-state index in [2.05, 4.69) is 39.5 Å². The topological polar surface area (TPSA) is 89.1 Å². The number of hydrogen-bond donors (Lipinski definition) is 2. The van der Waals surface area contributed by atoms with E-state index in [4.69, 9.17) is 10.7 Å². The Morgan fingerprint density at radius 2 is 1.82 bits per heavy atom. The summed E-state index contributed by atoms with van der Waals surface area (Å²) in [6, 6.07) is 12.3. The lowest BCUT2D eigenvalue weighted by molar-refractivity contribution is 0.329. The Morgan fingerprint density at radius 3 is 2.53 bits per heavy atom. The van der Waals surface area contributed by atoms with Crippen LogP contribution < -0.4 is 21.5 Å². The summed E-state index contributed by atoms with van der Waals surface area (Å²) in [5.74, 6) is 2.67. The van der Waals surface area contributed by atoms with Gasteiger partial charge >= 0.3 is 0 Å². The molecule has 178 valence electrons. The molecule has 3 atom stereocenters. The van der Waals surface area contributed by atoms with Crippen molar-refractivity contribution in [3.05, 3.63) is 52.9 Å². The van der Waals surface area contributed by atoms with E-state index >= 15 is 0 Å². The summed E-state index contributed by atoms with van der Waals surface area (Å²) < 4.78 is 1.95. The van der Waals surface area contributed by atoms with Crippen molar-refractivity contribution < 1.29 is 0 Å². The third-order valence-electron chi connectivity index (χ3n) is 8.38. The molecule has 2 aliphatic carbocycles. The second-order valence-electron chi connectivity index (χ2n) is 10.4. The summed E-state index contributed by atoms with van der Waals surface area (Å²) >= 11 is 0. The van der Waals surface area contributed by atoms with Crippen LogP contribution in [0.3, 0.4) is 0 Å². The van der Waals surface area contributed by atoms with Crippen LogP contribution in [-0.2, 0) is 0 Å². The summed E-state index contributed by atoms with van der Waals surface area (Å²) in [6.45, 7) is 2.97. The maximum atomic E-state index is 12.9. The van der Waals surface area contributed by atoms with Gasteiger partial charge < -0.3 is 16.0 Å². The first-order valence-electron chi connectivity index (χ1n) is 12.9. The highest BCUT2D eigenvalue weighted by Gasteiger charge is 2.41. The molecule has 0 radical (unpaired) electrons. The number of nitrogens with zero attached hydrogens (tertiary/aromatic N) is 4. The summed E-state index contributed by atoms with van der Waals surface area (Å²) in [7, 11) is 0. The zero-order valence-corrected chi connectivity index (χ0v) is 19.7.